The Morgan fingerprint density at radius 3 is 2.53 bits per heavy atom. The van der Waals surface area contributed by atoms with E-state index in [4.69, 9.17) is 4.42 Å². The normalized spacial score (nSPS) is 9.33. The average molecular weight is 196 g/mol. The van der Waals surface area contributed by atoms with Gasteiger partial charge in [0.1, 0.15) is 5.97 Å². The van der Waals surface area contributed by atoms with E-state index in [2.05, 4.69) is 9.97 Å². The van der Waals surface area contributed by atoms with Crippen molar-refractivity contribution in [3.63, 3.8) is 0 Å². The number of oxazole rings is 1. The van der Waals surface area contributed by atoms with Gasteiger partial charge in [-0.3, -0.25) is 4.98 Å². The Labute approximate surface area is 97.3 Å². The van der Waals surface area contributed by atoms with E-state index in [1.807, 2.05) is 0 Å². The summed E-state index contributed by atoms with van der Waals surface area (Å²) < 4.78 is 4.93. The SMILES string of the molecule is O=C([O-])c1ncc(-c2ccncc2)o1.[Li+]. The number of pyridine rings is 1. The zero-order chi connectivity index (χ0) is 9.97. The molecule has 0 N–H and O–H groups in total. The van der Waals surface area contributed by atoms with E-state index in [0.717, 1.165) is 5.56 Å². The largest absolute Gasteiger partial charge is 1.00 e. The number of rotatable bonds is 2. The van der Waals surface area contributed by atoms with E-state index in [1.165, 1.54) is 6.20 Å². The van der Waals surface area contributed by atoms with Crippen LogP contribution in [0.2, 0.25) is 0 Å². The molecule has 5 nitrogen and oxygen atoms in total. The van der Waals surface area contributed by atoms with Crippen molar-refractivity contribution < 1.29 is 33.2 Å². The van der Waals surface area contributed by atoms with Gasteiger partial charge in [0.2, 0.25) is 5.89 Å². The number of aromatic carboxylic acids is 1. The van der Waals surface area contributed by atoms with E-state index in [9.17, 15) is 9.90 Å². The molecule has 0 bridgehead atoms. The molecule has 0 spiro atoms. The van der Waals surface area contributed by atoms with E-state index in [1.54, 1.807) is 24.5 Å². The maximum Gasteiger partial charge on any atom is 1.00 e. The number of carbonyl (C=O) groups excluding carboxylic acids is 1. The van der Waals surface area contributed by atoms with Crippen LogP contribution in [0.25, 0.3) is 11.3 Å². The fourth-order valence-electron chi connectivity index (χ4n) is 1.02. The number of carboxylic acid groups (broad SMARTS) is 1. The van der Waals surface area contributed by atoms with Crippen molar-refractivity contribution in [3.05, 3.63) is 36.6 Å². The standard InChI is InChI=1S/C9H6N2O3.Li/c12-9(13)8-11-5-7(14-8)6-1-3-10-4-2-6;/h1-5H,(H,12,13);/q;+1/p-1. The van der Waals surface area contributed by atoms with Gasteiger partial charge in [-0.1, -0.05) is 0 Å². The van der Waals surface area contributed by atoms with E-state index >= 15 is 0 Å². The van der Waals surface area contributed by atoms with Crippen molar-refractivity contribution in [2.24, 2.45) is 0 Å². The van der Waals surface area contributed by atoms with Crippen LogP contribution in [0.4, 0.5) is 0 Å². The first-order valence-corrected chi connectivity index (χ1v) is 3.85. The molecule has 0 aliphatic heterocycles. The zero-order valence-electron chi connectivity index (χ0n) is 8.01. The molecule has 0 amide bonds. The number of nitrogens with zero attached hydrogens (tertiary/aromatic N) is 2. The van der Waals surface area contributed by atoms with Crippen molar-refractivity contribution in [1.29, 1.82) is 0 Å². The minimum Gasteiger partial charge on any atom is -0.540 e. The first-order chi connectivity index (χ1) is 6.77. The molecular formula is C9H5LiN2O3. The minimum atomic E-state index is -1.43. The van der Waals surface area contributed by atoms with Crippen molar-refractivity contribution in [1.82, 2.24) is 9.97 Å². The van der Waals surface area contributed by atoms with Crippen LogP contribution < -0.4 is 24.0 Å². The number of hydrogen-bond donors (Lipinski definition) is 0. The van der Waals surface area contributed by atoms with Crippen LogP contribution in [0, 0.1) is 0 Å². The summed E-state index contributed by atoms with van der Waals surface area (Å²) in [6.45, 7) is 0. The number of hydrogen-bond acceptors (Lipinski definition) is 5. The molecule has 70 valence electrons. The Kier molecular flexibility index (Phi) is 3.66. The quantitative estimate of drug-likeness (QED) is 0.481. The molecule has 2 aromatic rings. The Hall–Kier alpha value is -1.57. The molecule has 0 fully saturated rings. The van der Waals surface area contributed by atoms with Crippen LogP contribution in [0.15, 0.2) is 35.1 Å². The fraction of sp³-hybridized carbons (Fsp3) is 0. The summed E-state index contributed by atoms with van der Waals surface area (Å²) in [5, 5.41) is 10.4. The van der Waals surface area contributed by atoms with Gasteiger partial charge in [-0.15, -0.1) is 0 Å². The third-order valence-corrected chi connectivity index (χ3v) is 1.65. The molecule has 2 aromatic heterocycles. The van der Waals surface area contributed by atoms with Gasteiger partial charge in [0.05, 0.1) is 6.20 Å². The van der Waals surface area contributed by atoms with Crippen LogP contribution in [0.5, 0.6) is 0 Å². The van der Waals surface area contributed by atoms with Crippen molar-refractivity contribution in [3.8, 4) is 11.3 Å². The Morgan fingerprint density at radius 2 is 2.00 bits per heavy atom. The molecule has 6 heteroatoms. The second-order valence-corrected chi connectivity index (χ2v) is 2.55. The smallest absolute Gasteiger partial charge is 0.540 e. The molecule has 2 heterocycles. The van der Waals surface area contributed by atoms with Crippen molar-refractivity contribution in [2.75, 3.05) is 0 Å². The van der Waals surface area contributed by atoms with Crippen LogP contribution in [0.3, 0.4) is 0 Å². The predicted molar refractivity (Wildman–Crippen MR) is 44.1 cm³/mol. The van der Waals surface area contributed by atoms with Gasteiger partial charge < -0.3 is 14.3 Å². The monoisotopic (exact) mass is 196 g/mol. The van der Waals surface area contributed by atoms with Gasteiger partial charge in [-0.2, -0.15) is 0 Å². The van der Waals surface area contributed by atoms with Crippen molar-refractivity contribution >= 4 is 5.97 Å². The zero-order valence-corrected chi connectivity index (χ0v) is 8.01. The molecule has 15 heavy (non-hydrogen) atoms. The van der Waals surface area contributed by atoms with Gasteiger partial charge in [-0.25, -0.2) is 4.98 Å². The topological polar surface area (TPSA) is 79.0 Å². The van der Waals surface area contributed by atoms with Gasteiger partial charge in [0.15, 0.2) is 5.76 Å². The third kappa shape index (κ3) is 2.46. The first kappa shape index (κ1) is 11.5. The van der Waals surface area contributed by atoms with Crippen molar-refractivity contribution in [2.45, 2.75) is 0 Å². The van der Waals surface area contributed by atoms with Gasteiger partial charge in [0, 0.05) is 18.0 Å². The Bertz CT molecular complexity index is 455. The minimum absolute atomic E-state index is 0. The summed E-state index contributed by atoms with van der Waals surface area (Å²) in [6, 6.07) is 3.39. The molecule has 2 rings (SSSR count). The molecule has 0 saturated carbocycles. The average Bonchev–Trinajstić information content (AvgIpc) is 2.68. The number of carbonyl (C=O) groups is 1. The Balaban J connectivity index is 0.00000112. The van der Waals surface area contributed by atoms with Gasteiger partial charge in [-0.05, 0) is 12.1 Å². The molecule has 0 aromatic carbocycles. The van der Waals surface area contributed by atoms with E-state index < -0.39 is 11.9 Å². The second-order valence-electron chi connectivity index (χ2n) is 2.55. The number of carboxylic acids is 1. The van der Waals surface area contributed by atoms with Crippen LogP contribution in [-0.2, 0) is 0 Å². The summed E-state index contributed by atoms with van der Waals surface area (Å²) >= 11 is 0. The predicted octanol–water partition coefficient (Wildman–Crippen LogP) is -2.90. The molecule has 0 unspecified atom stereocenters. The number of aromatic nitrogens is 2. The van der Waals surface area contributed by atoms with Gasteiger partial charge in [0.25, 0.3) is 0 Å². The Morgan fingerprint density at radius 1 is 1.33 bits per heavy atom. The third-order valence-electron chi connectivity index (χ3n) is 1.65. The van der Waals surface area contributed by atoms with E-state index in [-0.39, 0.29) is 18.9 Å². The molecule has 0 aliphatic rings. The van der Waals surface area contributed by atoms with E-state index in [0.29, 0.717) is 5.76 Å². The first-order valence-electron chi connectivity index (χ1n) is 3.85. The summed E-state index contributed by atoms with van der Waals surface area (Å²) in [5.74, 6) is -1.46. The maximum absolute atomic E-state index is 10.4. The van der Waals surface area contributed by atoms with Crippen LogP contribution in [-0.4, -0.2) is 15.9 Å². The summed E-state index contributed by atoms with van der Waals surface area (Å²) in [4.78, 5) is 17.7. The molecule has 0 radical (unpaired) electrons. The van der Waals surface area contributed by atoms with Crippen LogP contribution >= 0.6 is 0 Å². The summed E-state index contributed by atoms with van der Waals surface area (Å²) in [5.41, 5.74) is 0.722. The molecule has 0 saturated heterocycles. The molecule has 0 aliphatic carbocycles. The van der Waals surface area contributed by atoms with Crippen LogP contribution in [0.1, 0.15) is 10.7 Å². The molecular weight excluding hydrogens is 191 g/mol. The van der Waals surface area contributed by atoms with Gasteiger partial charge >= 0.3 is 18.9 Å². The maximum atomic E-state index is 10.4. The molecule has 0 atom stereocenters. The second kappa shape index (κ2) is 4.78. The summed E-state index contributed by atoms with van der Waals surface area (Å²) in [7, 11) is 0. The summed E-state index contributed by atoms with van der Waals surface area (Å²) in [6.07, 6.45) is 4.49. The fourth-order valence-corrected chi connectivity index (χ4v) is 1.02.